The van der Waals surface area contributed by atoms with Gasteiger partial charge >= 0.3 is 0 Å². The fraction of sp³-hybridized carbons (Fsp3) is 0.300. The molecule has 0 aromatic carbocycles. The van der Waals surface area contributed by atoms with Gasteiger partial charge in [-0.2, -0.15) is 4.98 Å². The molecule has 0 spiro atoms. The fourth-order valence-electron chi connectivity index (χ4n) is 1.26. The molecule has 0 saturated carbocycles. The summed E-state index contributed by atoms with van der Waals surface area (Å²) in [6.45, 7) is 0.313. The fourth-order valence-corrected chi connectivity index (χ4v) is 1.26. The number of pyridine rings is 1. The van der Waals surface area contributed by atoms with Crippen LogP contribution in [0.2, 0.25) is 0 Å². The van der Waals surface area contributed by atoms with Crippen LogP contribution in [0, 0.1) is 5.82 Å². The van der Waals surface area contributed by atoms with E-state index in [0.29, 0.717) is 18.7 Å². The number of rotatable bonds is 4. The lowest BCUT2D eigenvalue weighted by molar-refractivity contribution is 0.127. The molecule has 17 heavy (non-hydrogen) atoms. The lowest BCUT2D eigenvalue weighted by Crippen LogP contribution is -2.06. The predicted octanol–water partition coefficient (Wildman–Crippen LogP) is 0.653. The molecule has 7 heteroatoms. The first kappa shape index (κ1) is 11.6. The van der Waals surface area contributed by atoms with Crippen LogP contribution >= 0.6 is 0 Å². The second kappa shape index (κ2) is 4.98. The van der Waals surface area contributed by atoms with Crippen molar-refractivity contribution >= 4 is 0 Å². The number of nitrogens with two attached hydrogens (primary N) is 1. The molecule has 0 radical (unpaired) electrons. The smallest absolute Gasteiger partial charge is 0.255 e. The number of hydrogen-bond acceptors (Lipinski definition) is 6. The number of nitrogens with zero attached hydrogens (tertiary/aromatic N) is 3. The number of aliphatic hydroxyl groups is 1. The summed E-state index contributed by atoms with van der Waals surface area (Å²) < 4.78 is 17.5. The summed E-state index contributed by atoms with van der Waals surface area (Å²) in [5.74, 6) is -0.159. The van der Waals surface area contributed by atoms with Crippen molar-refractivity contribution in [1.29, 1.82) is 0 Å². The van der Waals surface area contributed by atoms with Gasteiger partial charge in [0.05, 0.1) is 6.20 Å². The van der Waals surface area contributed by atoms with Gasteiger partial charge in [-0.15, -0.1) is 0 Å². The molecule has 2 heterocycles. The van der Waals surface area contributed by atoms with E-state index < -0.39 is 11.9 Å². The molecule has 0 amide bonds. The van der Waals surface area contributed by atoms with Gasteiger partial charge in [0.2, 0.25) is 5.82 Å². The maximum absolute atomic E-state index is 12.7. The van der Waals surface area contributed by atoms with Crippen LogP contribution in [0.4, 0.5) is 4.39 Å². The van der Waals surface area contributed by atoms with Crippen LogP contribution in [0.15, 0.2) is 22.9 Å². The summed E-state index contributed by atoms with van der Waals surface area (Å²) in [4.78, 5) is 7.76. The predicted molar refractivity (Wildman–Crippen MR) is 56.1 cm³/mol. The van der Waals surface area contributed by atoms with Crippen molar-refractivity contribution in [3.8, 4) is 11.5 Å². The van der Waals surface area contributed by atoms with Gasteiger partial charge < -0.3 is 15.4 Å². The summed E-state index contributed by atoms with van der Waals surface area (Å²) >= 11 is 0. The van der Waals surface area contributed by atoms with E-state index in [4.69, 9.17) is 10.3 Å². The first-order valence-electron chi connectivity index (χ1n) is 5.04. The molecular weight excluding hydrogens is 227 g/mol. The van der Waals surface area contributed by atoms with Gasteiger partial charge in [-0.1, -0.05) is 5.16 Å². The summed E-state index contributed by atoms with van der Waals surface area (Å²) in [6, 6.07) is 2.67. The second-order valence-corrected chi connectivity index (χ2v) is 3.41. The van der Waals surface area contributed by atoms with Gasteiger partial charge in [0.1, 0.15) is 17.6 Å². The normalized spacial score (nSPS) is 12.6. The number of halogens is 1. The van der Waals surface area contributed by atoms with Crippen molar-refractivity contribution in [1.82, 2.24) is 15.1 Å². The molecule has 0 aliphatic carbocycles. The zero-order valence-electron chi connectivity index (χ0n) is 8.88. The Hall–Kier alpha value is -1.86. The van der Waals surface area contributed by atoms with Gasteiger partial charge in [0.15, 0.2) is 0 Å². The highest BCUT2D eigenvalue weighted by Crippen LogP contribution is 2.18. The van der Waals surface area contributed by atoms with Gasteiger partial charge in [0, 0.05) is 0 Å². The topological polar surface area (TPSA) is 98.1 Å². The van der Waals surface area contributed by atoms with Crippen molar-refractivity contribution in [2.45, 2.75) is 12.5 Å². The molecule has 1 unspecified atom stereocenters. The van der Waals surface area contributed by atoms with Crippen LogP contribution in [-0.4, -0.2) is 26.8 Å². The quantitative estimate of drug-likeness (QED) is 0.811. The van der Waals surface area contributed by atoms with Crippen molar-refractivity contribution in [2.24, 2.45) is 5.73 Å². The van der Waals surface area contributed by atoms with Crippen molar-refractivity contribution in [3.63, 3.8) is 0 Å². The van der Waals surface area contributed by atoms with E-state index in [1.54, 1.807) is 0 Å². The zero-order valence-corrected chi connectivity index (χ0v) is 8.88. The van der Waals surface area contributed by atoms with Crippen molar-refractivity contribution in [2.75, 3.05) is 6.54 Å². The van der Waals surface area contributed by atoms with Crippen molar-refractivity contribution < 1.29 is 14.0 Å². The summed E-state index contributed by atoms with van der Waals surface area (Å²) in [7, 11) is 0. The van der Waals surface area contributed by atoms with E-state index in [1.807, 2.05) is 0 Å². The Morgan fingerprint density at radius 1 is 1.47 bits per heavy atom. The molecule has 0 saturated heterocycles. The third-order valence-electron chi connectivity index (χ3n) is 2.12. The van der Waals surface area contributed by atoms with E-state index in [9.17, 15) is 9.50 Å². The van der Waals surface area contributed by atoms with E-state index in [0.717, 1.165) is 6.20 Å². The van der Waals surface area contributed by atoms with Crippen LogP contribution < -0.4 is 5.73 Å². The molecule has 0 aliphatic rings. The minimum absolute atomic E-state index is 0.0802. The lowest BCUT2D eigenvalue weighted by atomic mass is 10.2. The highest BCUT2D eigenvalue weighted by Gasteiger charge is 2.16. The Kier molecular flexibility index (Phi) is 3.40. The SMILES string of the molecule is NCCC(O)c1nc(-c2ccc(F)cn2)no1. The summed E-state index contributed by atoms with van der Waals surface area (Å²) in [5.41, 5.74) is 5.67. The van der Waals surface area contributed by atoms with E-state index in [-0.39, 0.29) is 11.7 Å². The average Bonchev–Trinajstić information content (AvgIpc) is 2.80. The second-order valence-electron chi connectivity index (χ2n) is 3.41. The number of hydrogen-bond donors (Lipinski definition) is 2. The van der Waals surface area contributed by atoms with Gasteiger partial charge in [0.25, 0.3) is 5.89 Å². The molecule has 1 atom stereocenters. The van der Waals surface area contributed by atoms with Crippen molar-refractivity contribution in [3.05, 3.63) is 30.0 Å². The third kappa shape index (κ3) is 2.63. The molecular formula is C10H11FN4O2. The molecule has 2 rings (SSSR count). The summed E-state index contributed by atoms with van der Waals surface area (Å²) in [6.07, 6.45) is 0.502. The molecule has 0 bridgehead atoms. The van der Waals surface area contributed by atoms with E-state index in [1.165, 1.54) is 12.1 Å². The van der Waals surface area contributed by atoms with Crippen LogP contribution in [0.1, 0.15) is 18.4 Å². The third-order valence-corrected chi connectivity index (χ3v) is 2.12. The number of aliphatic hydroxyl groups excluding tert-OH is 1. The van der Waals surface area contributed by atoms with Gasteiger partial charge in [-0.05, 0) is 25.1 Å². The first-order chi connectivity index (χ1) is 8.20. The highest BCUT2D eigenvalue weighted by atomic mass is 19.1. The zero-order chi connectivity index (χ0) is 12.3. The van der Waals surface area contributed by atoms with Gasteiger partial charge in [-0.25, -0.2) is 9.37 Å². The largest absolute Gasteiger partial charge is 0.383 e. The van der Waals surface area contributed by atoms with Crippen LogP contribution in [0.5, 0.6) is 0 Å². The molecule has 2 aromatic rings. The molecule has 90 valence electrons. The number of aromatic nitrogens is 3. The Morgan fingerprint density at radius 2 is 2.29 bits per heavy atom. The molecule has 2 aromatic heterocycles. The van der Waals surface area contributed by atoms with E-state index in [2.05, 4.69) is 15.1 Å². The highest BCUT2D eigenvalue weighted by molar-refractivity contribution is 5.47. The average molecular weight is 238 g/mol. The van der Waals surface area contributed by atoms with Crippen LogP contribution in [0.25, 0.3) is 11.5 Å². The summed E-state index contributed by atoms with van der Waals surface area (Å²) in [5, 5.41) is 13.2. The van der Waals surface area contributed by atoms with Gasteiger partial charge in [-0.3, -0.25) is 0 Å². The maximum Gasteiger partial charge on any atom is 0.255 e. The Morgan fingerprint density at radius 3 is 2.94 bits per heavy atom. The molecule has 6 nitrogen and oxygen atoms in total. The van der Waals surface area contributed by atoms with Crippen LogP contribution in [-0.2, 0) is 0 Å². The lowest BCUT2D eigenvalue weighted by Gasteiger charge is -2.00. The maximum atomic E-state index is 12.7. The molecule has 0 fully saturated rings. The Labute approximate surface area is 96.3 Å². The molecule has 0 aliphatic heterocycles. The minimum Gasteiger partial charge on any atom is -0.383 e. The molecule has 3 N–H and O–H groups in total. The van der Waals surface area contributed by atoms with Crippen LogP contribution in [0.3, 0.4) is 0 Å². The Balaban J connectivity index is 2.20. The Bertz CT molecular complexity index is 485. The van der Waals surface area contributed by atoms with E-state index >= 15 is 0 Å². The monoisotopic (exact) mass is 238 g/mol. The first-order valence-corrected chi connectivity index (χ1v) is 5.04. The standard InChI is InChI=1S/C10H11FN4O2/c11-6-1-2-7(13-5-6)9-14-10(17-15-9)8(16)3-4-12/h1-2,5,8,16H,3-4,12H2. The minimum atomic E-state index is -0.887.